The van der Waals surface area contributed by atoms with E-state index in [0.717, 1.165) is 12.1 Å². The van der Waals surface area contributed by atoms with Crippen molar-refractivity contribution in [1.29, 1.82) is 0 Å². The van der Waals surface area contributed by atoms with Crippen LogP contribution in [0.2, 0.25) is 0 Å². The third-order valence-corrected chi connectivity index (χ3v) is 4.99. The molecular weight excluding hydrogens is 326 g/mol. The molecule has 0 aromatic heterocycles. The molecule has 1 aliphatic rings. The normalized spacial score (nSPS) is 21.6. The number of hydrogen-bond acceptors (Lipinski definition) is 3. The van der Waals surface area contributed by atoms with Crippen LogP contribution in [0.4, 0.5) is 13.6 Å². The largest absolute Gasteiger partial charge is 0.489 e. The average molecular weight is 346 g/mol. The van der Waals surface area contributed by atoms with E-state index in [9.17, 15) is 17.8 Å². The first-order chi connectivity index (χ1) is 11.0. The predicted octanol–water partition coefficient (Wildman–Crippen LogP) is 1.75. The van der Waals surface area contributed by atoms with Crippen molar-refractivity contribution in [3.63, 3.8) is 0 Å². The van der Waals surface area contributed by atoms with Gasteiger partial charge < -0.3 is 15.0 Å². The number of rotatable bonds is 4. The lowest BCUT2D eigenvalue weighted by molar-refractivity contribution is 0.192. The first kappa shape index (κ1) is 17.7. The minimum absolute atomic E-state index is 0.0561. The van der Waals surface area contributed by atoms with Crippen LogP contribution in [0.25, 0.3) is 0 Å². The second-order valence-electron chi connectivity index (χ2n) is 5.52. The lowest BCUT2D eigenvalue weighted by Crippen LogP contribution is -2.43. The highest BCUT2D eigenvalue weighted by atomic mass is 32.2. The van der Waals surface area contributed by atoms with E-state index in [-0.39, 0.29) is 30.9 Å². The first-order valence-corrected chi connectivity index (χ1v) is 8.90. The van der Waals surface area contributed by atoms with Gasteiger partial charge in [0.2, 0.25) is 0 Å². The highest BCUT2D eigenvalue weighted by Gasteiger charge is 2.22. The molecule has 2 rings (SSSR count). The average Bonchev–Trinajstić information content (AvgIpc) is 2.65. The lowest BCUT2D eigenvalue weighted by Gasteiger charge is -2.22. The van der Waals surface area contributed by atoms with Gasteiger partial charge >= 0.3 is 6.03 Å². The van der Waals surface area contributed by atoms with Crippen LogP contribution in [-0.2, 0) is 10.8 Å². The zero-order valence-corrected chi connectivity index (χ0v) is 13.7. The Labute approximate surface area is 136 Å². The number of carbonyl (C=O) groups is 1. The van der Waals surface area contributed by atoms with E-state index < -0.39 is 22.4 Å². The topological polar surface area (TPSA) is 58.6 Å². The zero-order chi connectivity index (χ0) is 16.8. The Morgan fingerprint density at radius 2 is 2.26 bits per heavy atom. The molecule has 0 saturated carbocycles. The van der Waals surface area contributed by atoms with Gasteiger partial charge in [-0.25, -0.2) is 13.6 Å². The van der Waals surface area contributed by atoms with Crippen molar-refractivity contribution in [3.8, 4) is 5.75 Å². The lowest BCUT2D eigenvalue weighted by atomic mass is 10.2. The van der Waals surface area contributed by atoms with Crippen LogP contribution in [0, 0.1) is 17.6 Å². The molecule has 23 heavy (non-hydrogen) atoms. The molecule has 0 radical (unpaired) electrons. The van der Waals surface area contributed by atoms with Crippen LogP contribution in [0.3, 0.4) is 0 Å². The smallest absolute Gasteiger partial charge is 0.317 e. The van der Waals surface area contributed by atoms with Gasteiger partial charge in [-0.3, -0.25) is 4.21 Å². The number of hydrogen-bond donors (Lipinski definition) is 1. The molecule has 1 fully saturated rings. The van der Waals surface area contributed by atoms with E-state index in [1.54, 1.807) is 4.90 Å². The fraction of sp³-hybridized carbons (Fsp3) is 0.533. The quantitative estimate of drug-likeness (QED) is 0.845. The number of benzene rings is 1. The molecule has 1 aromatic rings. The highest BCUT2D eigenvalue weighted by molar-refractivity contribution is 7.85. The molecular formula is C15H20F2N2O3S. The maximum Gasteiger partial charge on any atom is 0.317 e. The molecule has 128 valence electrons. The van der Waals surface area contributed by atoms with Crippen LogP contribution >= 0.6 is 0 Å². The summed E-state index contributed by atoms with van der Waals surface area (Å²) in [6, 6.07) is 2.81. The van der Waals surface area contributed by atoms with Crippen LogP contribution < -0.4 is 10.1 Å². The second-order valence-corrected chi connectivity index (χ2v) is 7.14. The van der Waals surface area contributed by atoms with Gasteiger partial charge in [0, 0.05) is 41.5 Å². The van der Waals surface area contributed by atoms with E-state index in [0.29, 0.717) is 24.6 Å². The third kappa shape index (κ3) is 5.46. The monoisotopic (exact) mass is 346 g/mol. The fourth-order valence-electron chi connectivity index (χ4n) is 2.34. The van der Waals surface area contributed by atoms with Gasteiger partial charge in [-0.05, 0) is 18.1 Å². The molecule has 2 amide bonds. The fourth-order valence-corrected chi connectivity index (χ4v) is 3.67. The first-order valence-electron chi connectivity index (χ1n) is 7.41. The van der Waals surface area contributed by atoms with E-state index in [2.05, 4.69) is 5.32 Å². The second kappa shape index (κ2) is 8.24. The van der Waals surface area contributed by atoms with Gasteiger partial charge in [0.15, 0.2) is 11.6 Å². The summed E-state index contributed by atoms with van der Waals surface area (Å²) in [6.07, 6.45) is 0. The van der Waals surface area contributed by atoms with Crippen molar-refractivity contribution in [1.82, 2.24) is 10.2 Å². The Morgan fingerprint density at radius 3 is 3.00 bits per heavy atom. The summed E-state index contributed by atoms with van der Waals surface area (Å²) < 4.78 is 42.9. The number of nitrogens with zero attached hydrogens (tertiary/aromatic N) is 1. The molecule has 0 spiro atoms. The van der Waals surface area contributed by atoms with Gasteiger partial charge in [0.25, 0.3) is 0 Å². The van der Waals surface area contributed by atoms with E-state index >= 15 is 0 Å². The van der Waals surface area contributed by atoms with Gasteiger partial charge in [-0.1, -0.05) is 6.92 Å². The molecule has 1 aromatic carbocycles. The summed E-state index contributed by atoms with van der Waals surface area (Å²) in [7, 11) is -0.880. The Balaban J connectivity index is 1.75. The van der Waals surface area contributed by atoms with Gasteiger partial charge in [0.05, 0.1) is 6.54 Å². The van der Waals surface area contributed by atoms with Crippen molar-refractivity contribution in [3.05, 3.63) is 29.8 Å². The van der Waals surface area contributed by atoms with Gasteiger partial charge in [0.1, 0.15) is 12.4 Å². The molecule has 1 aliphatic heterocycles. The summed E-state index contributed by atoms with van der Waals surface area (Å²) in [4.78, 5) is 13.7. The summed E-state index contributed by atoms with van der Waals surface area (Å²) in [5.74, 6) is -0.227. The summed E-state index contributed by atoms with van der Waals surface area (Å²) in [5, 5.41) is 2.68. The Hall–Kier alpha value is -1.70. The number of nitrogens with one attached hydrogen (secondary N) is 1. The van der Waals surface area contributed by atoms with Crippen molar-refractivity contribution < 1.29 is 22.5 Å². The Morgan fingerprint density at radius 1 is 1.48 bits per heavy atom. The van der Waals surface area contributed by atoms with Crippen LogP contribution in [0.1, 0.15) is 6.92 Å². The van der Waals surface area contributed by atoms with Crippen LogP contribution in [-0.4, -0.2) is 52.9 Å². The molecule has 2 atom stereocenters. The summed E-state index contributed by atoms with van der Waals surface area (Å²) in [6.45, 7) is 3.25. The van der Waals surface area contributed by atoms with Crippen molar-refractivity contribution in [2.45, 2.75) is 6.92 Å². The maximum absolute atomic E-state index is 13.4. The van der Waals surface area contributed by atoms with Crippen LogP contribution in [0.5, 0.6) is 5.75 Å². The summed E-state index contributed by atoms with van der Waals surface area (Å²) in [5.41, 5.74) is 0. The minimum atomic E-state index is -0.880. The van der Waals surface area contributed by atoms with E-state index in [1.807, 2.05) is 6.92 Å². The van der Waals surface area contributed by atoms with Gasteiger partial charge in [-0.15, -0.1) is 0 Å². The van der Waals surface area contributed by atoms with Crippen molar-refractivity contribution in [2.24, 2.45) is 5.92 Å². The molecule has 1 saturated heterocycles. The Bertz CT molecular complexity index is 586. The molecule has 0 aliphatic carbocycles. The van der Waals surface area contributed by atoms with Crippen LogP contribution in [0.15, 0.2) is 18.2 Å². The number of carbonyl (C=O) groups excluding carboxylic acids is 1. The van der Waals surface area contributed by atoms with Crippen molar-refractivity contribution >= 4 is 16.8 Å². The summed E-state index contributed by atoms with van der Waals surface area (Å²) >= 11 is 0. The molecule has 8 heteroatoms. The molecule has 0 bridgehead atoms. The minimum Gasteiger partial charge on any atom is -0.489 e. The standard InChI is InChI=1S/C15H20F2N2O3S/c1-11-9-19(5-7-23(21)10-11)15(20)18-4-6-22-14-3-2-12(16)8-13(14)17/h2-3,8,11H,4-7,9-10H2,1H3,(H,18,20)/t11-,23-/m1/s1. The zero-order valence-electron chi connectivity index (χ0n) is 12.9. The highest BCUT2D eigenvalue weighted by Crippen LogP contribution is 2.17. The van der Waals surface area contributed by atoms with Crippen molar-refractivity contribution in [2.75, 3.05) is 37.7 Å². The number of urea groups is 1. The molecule has 0 unspecified atom stereocenters. The number of halogens is 2. The molecule has 1 N–H and O–H groups in total. The number of ether oxygens (including phenoxy) is 1. The number of amides is 2. The SMILES string of the molecule is C[C@@H]1CN(C(=O)NCCOc2ccc(F)cc2F)CC[S@@](=O)C1. The van der Waals surface area contributed by atoms with Gasteiger partial charge in [-0.2, -0.15) is 0 Å². The van der Waals surface area contributed by atoms with E-state index in [1.165, 1.54) is 6.07 Å². The predicted molar refractivity (Wildman–Crippen MR) is 83.9 cm³/mol. The molecule has 5 nitrogen and oxygen atoms in total. The third-order valence-electron chi connectivity index (χ3n) is 3.41. The molecule has 1 heterocycles. The maximum atomic E-state index is 13.4. The Kier molecular flexibility index (Phi) is 6.32. The van der Waals surface area contributed by atoms with E-state index in [4.69, 9.17) is 4.74 Å².